The predicted molar refractivity (Wildman–Crippen MR) is 96.6 cm³/mol. The van der Waals surface area contributed by atoms with Crippen LogP contribution in [0.15, 0.2) is 29.4 Å². The van der Waals surface area contributed by atoms with Crippen molar-refractivity contribution in [3.8, 4) is 0 Å². The normalized spacial score (nSPS) is 11.9. The van der Waals surface area contributed by atoms with E-state index in [2.05, 4.69) is 15.3 Å². The Labute approximate surface area is 146 Å². The van der Waals surface area contributed by atoms with E-state index < -0.39 is 0 Å². The van der Waals surface area contributed by atoms with Gasteiger partial charge in [-0.2, -0.15) is 0 Å². The van der Waals surface area contributed by atoms with Crippen molar-refractivity contribution < 1.29 is 9.59 Å². The van der Waals surface area contributed by atoms with E-state index in [0.29, 0.717) is 16.4 Å². The van der Waals surface area contributed by atoms with Crippen LogP contribution in [0.25, 0.3) is 0 Å². The van der Waals surface area contributed by atoms with E-state index >= 15 is 0 Å². The van der Waals surface area contributed by atoms with Gasteiger partial charge >= 0.3 is 0 Å². The van der Waals surface area contributed by atoms with Crippen molar-refractivity contribution in [2.24, 2.45) is 0 Å². The first kappa shape index (κ1) is 18.1. The third-order valence-electron chi connectivity index (χ3n) is 3.80. The number of hydrogen-bond acceptors (Lipinski definition) is 5. The standard InChI is InChI=1S/C18H21N3O2S/c1-10-11(2)19-18(20-12(10)3)24-14(5)17(23)21-16-8-6-7-15(9-16)13(4)22/h6-9,14H,1-5H3,(H,21,23)/t14-/m0/s1. The molecule has 0 saturated heterocycles. The van der Waals surface area contributed by atoms with Gasteiger partial charge in [0.2, 0.25) is 5.91 Å². The SMILES string of the molecule is CC(=O)c1cccc(NC(=O)[C@H](C)Sc2nc(C)c(C)c(C)n2)c1. The lowest BCUT2D eigenvalue weighted by atomic mass is 10.1. The van der Waals surface area contributed by atoms with Crippen molar-refractivity contribution >= 4 is 29.1 Å². The van der Waals surface area contributed by atoms with Crippen molar-refractivity contribution in [3.05, 3.63) is 46.8 Å². The van der Waals surface area contributed by atoms with Crippen LogP contribution >= 0.6 is 11.8 Å². The smallest absolute Gasteiger partial charge is 0.237 e. The van der Waals surface area contributed by atoms with E-state index in [0.717, 1.165) is 17.0 Å². The molecule has 1 amide bonds. The fraction of sp³-hybridized carbons (Fsp3) is 0.333. The average molecular weight is 343 g/mol. The van der Waals surface area contributed by atoms with Gasteiger partial charge < -0.3 is 5.32 Å². The van der Waals surface area contributed by atoms with Crippen LogP contribution in [0, 0.1) is 20.8 Å². The number of amides is 1. The highest BCUT2D eigenvalue weighted by Crippen LogP contribution is 2.23. The summed E-state index contributed by atoms with van der Waals surface area (Å²) < 4.78 is 0. The van der Waals surface area contributed by atoms with E-state index in [-0.39, 0.29) is 16.9 Å². The largest absolute Gasteiger partial charge is 0.325 e. The summed E-state index contributed by atoms with van der Waals surface area (Å²) in [7, 11) is 0. The highest BCUT2D eigenvalue weighted by Gasteiger charge is 2.17. The molecule has 0 fully saturated rings. The van der Waals surface area contributed by atoms with Crippen molar-refractivity contribution in [3.63, 3.8) is 0 Å². The molecule has 6 heteroatoms. The van der Waals surface area contributed by atoms with Crippen LogP contribution in [-0.4, -0.2) is 26.9 Å². The molecule has 0 spiro atoms. The molecule has 24 heavy (non-hydrogen) atoms. The Morgan fingerprint density at radius 1 is 1.12 bits per heavy atom. The molecule has 0 radical (unpaired) electrons. The van der Waals surface area contributed by atoms with Crippen LogP contribution in [0.4, 0.5) is 5.69 Å². The van der Waals surface area contributed by atoms with Gasteiger partial charge in [0.1, 0.15) is 0 Å². The minimum atomic E-state index is -0.354. The first-order valence-electron chi connectivity index (χ1n) is 7.68. The minimum Gasteiger partial charge on any atom is -0.325 e. The maximum absolute atomic E-state index is 12.4. The molecule has 126 valence electrons. The van der Waals surface area contributed by atoms with Gasteiger partial charge in [0.25, 0.3) is 0 Å². The van der Waals surface area contributed by atoms with Crippen molar-refractivity contribution in [2.75, 3.05) is 5.32 Å². The number of hydrogen-bond donors (Lipinski definition) is 1. The molecular formula is C18H21N3O2S. The third kappa shape index (κ3) is 4.41. The Morgan fingerprint density at radius 2 is 1.75 bits per heavy atom. The van der Waals surface area contributed by atoms with Crippen LogP contribution in [0.5, 0.6) is 0 Å². The van der Waals surface area contributed by atoms with Crippen LogP contribution in [0.1, 0.15) is 41.2 Å². The molecule has 1 aromatic carbocycles. The highest BCUT2D eigenvalue weighted by molar-refractivity contribution is 8.00. The van der Waals surface area contributed by atoms with Gasteiger partial charge in [-0.1, -0.05) is 23.9 Å². The Hall–Kier alpha value is -2.21. The Balaban J connectivity index is 2.07. The fourth-order valence-corrected chi connectivity index (χ4v) is 2.93. The van der Waals surface area contributed by atoms with Gasteiger partial charge in [-0.25, -0.2) is 9.97 Å². The number of aryl methyl sites for hydroxylation is 2. The number of aromatic nitrogens is 2. The predicted octanol–water partition coefficient (Wildman–Crippen LogP) is 3.72. The summed E-state index contributed by atoms with van der Waals surface area (Å²) >= 11 is 1.32. The van der Waals surface area contributed by atoms with E-state index in [4.69, 9.17) is 0 Å². The molecule has 1 aromatic heterocycles. The second-order valence-electron chi connectivity index (χ2n) is 5.69. The minimum absolute atomic E-state index is 0.0347. The molecule has 2 rings (SSSR count). The summed E-state index contributed by atoms with van der Waals surface area (Å²) in [6.07, 6.45) is 0. The lowest BCUT2D eigenvalue weighted by Crippen LogP contribution is -2.23. The van der Waals surface area contributed by atoms with Crippen LogP contribution < -0.4 is 5.32 Å². The topological polar surface area (TPSA) is 72.0 Å². The molecule has 0 unspecified atom stereocenters. The molecule has 2 aromatic rings. The van der Waals surface area contributed by atoms with E-state index in [9.17, 15) is 9.59 Å². The van der Waals surface area contributed by atoms with E-state index in [1.807, 2.05) is 27.7 Å². The number of Topliss-reactive ketones (excluding diaryl/α,β-unsaturated/α-hetero) is 1. The molecule has 0 aliphatic carbocycles. The second-order valence-corrected chi connectivity index (χ2v) is 7.00. The summed E-state index contributed by atoms with van der Waals surface area (Å²) in [5.74, 6) is -0.187. The summed E-state index contributed by atoms with van der Waals surface area (Å²) in [4.78, 5) is 32.6. The van der Waals surface area contributed by atoms with Gasteiger partial charge in [0.15, 0.2) is 10.9 Å². The molecule has 1 atom stereocenters. The number of nitrogens with zero attached hydrogens (tertiary/aromatic N) is 2. The van der Waals surface area contributed by atoms with E-state index in [1.165, 1.54) is 18.7 Å². The number of carbonyl (C=O) groups excluding carboxylic acids is 2. The highest BCUT2D eigenvalue weighted by atomic mass is 32.2. The zero-order valence-electron chi connectivity index (χ0n) is 14.5. The first-order valence-corrected chi connectivity index (χ1v) is 8.56. The molecule has 1 N–H and O–H groups in total. The number of carbonyl (C=O) groups is 2. The summed E-state index contributed by atoms with van der Waals surface area (Å²) in [5, 5.41) is 3.07. The monoisotopic (exact) mass is 343 g/mol. The lowest BCUT2D eigenvalue weighted by molar-refractivity contribution is -0.115. The zero-order valence-corrected chi connectivity index (χ0v) is 15.3. The van der Waals surface area contributed by atoms with Crippen molar-refractivity contribution in [2.45, 2.75) is 45.0 Å². The quantitative estimate of drug-likeness (QED) is 0.509. The van der Waals surface area contributed by atoms with Gasteiger partial charge in [-0.05, 0) is 52.3 Å². The van der Waals surface area contributed by atoms with Crippen LogP contribution in [0.3, 0.4) is 0 Å². The van der Waals surface area contributed by atoms with Gasteiger partial charge in [0.05, 0.1) is 5.25 Å². The maximum atomic E-state index is 12.4. The Bertz CT molecular complexity index is 767. The van der Waals surface area contributed by atoms with Crippen molar-refractivity contribution in [1.29, 1.82) is 0 Å². The number of anilines is 1. The molecular weight excluding hydrogens is 322 g/mol. The third-order valence-corrected chi connectivity index (χ3v) is 4.76. The molecule has 0 saturated carbocycles. The molecule has 1 heterocycles. The first-order chi connectivity index (χ1) is 11.3. The molecule has 0 aliphatic heterocycles. The molecule has 0 aliphatic rings. The molecule has 0 bridgehead atoms. The molecule has 5 nitrogen and oxygen atoms in total. The van der Waals surface area contributed by atoms with E-state index in [1.54, 1.807) is 24.3 Å². The number of nitrogens with one attached hydrogen (secondary N) is 1. The number of thioether (sulfide) groups is 1. The summed E-state index contributed by atoms with van der Waals surface area (Å²) in [5.41, 5.74) is 4.09. The number of rotatable bonds is 5. The number of ketones is 1. The van der Waals surface area contributed by atoms with Crippen molar-refractivity contribution in [1.82, 2.24) is 9.97 Å². The van der Waals surface area contributed by atoms with Crippen LogP contribution in [0.2, 0.25) is 0 Å². The van der Waals surface area contributed by atoms with Crippen LogP contribution in [-0.2, 0) is 4.79 Å². The fourth-order valence-electron chi connectivity index (χ4n) is 2.07. The lowest BCUT2D eigenvalue weighted by Gasteiger charge is -2.13. The number of benzene rings is 1. The Kier molecular flexibility index (Phi) is 5.72. The van der Waals surface area contributed by atoms with Gasteiger partial charge in [-0.15, -0.1) is 0 Å². The Morgan fingerprint density at radius 3 is 2.33 bits per heavy atom. The zero-order chi connectivity index (χ0) is 17.9. The average Bonchev–Trinajstić information content (AvgIpc) is 2.52. The maximum Gasteiger partial charge on any atom is 0.237 e. The summed E-state index contributed by atoms with van der Waals surface area (Å²) in [6, 6.07) is 6.91. The van der Waals surface area contributed by atoms with Gasteiger partial charge in [0, 0.05) is 22.6 Å². The van der Waals surface area contributed by atoms with Gasteiger partial charge in [-0.3, -0.25) is 9.59 Å². The summed E-state index contributed by atoms with van der Waals surface area (Å²) in [6.45, 7) is 9.16. The second kappa shape index (κ2) is 7.57.